The van der Waals surface area contributed by atoms with E-state index in [1.807, 2.05) is 31.2 Å². The highest BCUT2D eigenvalue weighted by molar-refractivity contribution is 6.31. The standard InChI is InChI=1S/C18H17ClF3NO2/c1-12-5-2-3-6-16(12)25-10-4-7-17(24)23-13-8-9-15(19)14(11-13)18(20,21)22/h2-3,5-6,8-9,11H,4,7,10H2,1H3,(H,23,24). The molecule has 2 rings (SSSR count). The Morgan fingerprint density at radius 1 is 1.20 bits per heavy atom. The van der Waals surface area contributed by atoms with E-state index in [0.717, 1.165) is 23.4 Å². The molecule has 0 bridgehead atoms. The average Bonchev–Trinajstić information content (AvgIpc) is 2.54. The molecule has 2 aromatic carbocycles. The third kappa shape index (κ3) is 5.67. The molecular weight excluding hydrogens is 355 g/mol. The van der Waals surface area contributed by atoms with Gasteiger partial charge in [-0.25, -0.2) is 0 Å². The molecular formula is C18H17ClF3NO2. The molecule has 0 saturated heterocycles. The van der Waals surface area contributed by atoms with Gasteiger partial charge < -0.3 is 10.1 Å². The molecule has 2 aromatic rings. The molecule has 0 saturated carbocycles. The van der Waals surface area contributed by atoms with E-state index in [-0.39, 0.29) is 18.0 Å². The Hall–Kier alpha value is -2.21. The van der Waals surface area contributed by atoms with Gasteiger partial charge in [-0.15, -0.1) is 0 Å². The Morgan fingerprint density at radius 3 is 2.60 bits per heavy atom. The summed E-state index contributed by atoms with van der Waals surface area (Å²) in [5, 5.41) is 2.03. The lowest BCUT2D eigenvalue weighted by atomic mass is 10.2. The summed E-state index contributed by atoms with van der Waals surface area (Å²) >= 11 is 5.54. The number of carbonyl (C=O) groups excluding carboxylic acids is 1. The van der Waals surface area contributed by atoms with Gasteiger partial charge in [0.2, 0.25) is 5.91 Å². The first-order chi connectivity index (χ1) is 11.8. The fourth-order valence-electron chi connectivity index (χ4n) is 2.18. The quantitative estimate of drug-likeness (QED) is 0.684. The Balaban J connectivity index is 1.84. The molecule has 0 heterocycles. The molecule has 3 nitrogen and oxygen atoms in total. The maximum absolute atomic E-state index is 12.8. The summed E-state index contributed by atoms with van der Waals surface area (Å²) < 4.78 is 44.0. The van der Waals surface area contributed by atoms with Crippen LogP contribution in [0.5, 0.6) is 5.75 Å². The van der Waals surface area contributed by atoms with Crippen LogP contribution in [0.1, 0.15) is 24.0 Å². The average molecular weight is 372 g/mol. The van der Waals surface area contributed by atoms with Crippen molar-refractivity contribution in [3.8, 4) is 5.75 Å². The second-order valence-electron chi connectivity index (χ2n) is 5.46. The molecule has 1 N–H and O–H groups in total. The lowest BCUT2D eigenvalue weighted by molar-refractivity contribution is -0.137. The highest BCUT2D eigenvalue weighted by Gasteiger charge is 2.33. The number of carbonyl (C=O) groups is 1. The van der Waals surface area contributed by atoms with E-state index >= 15 is 0 Å². The molecule has 0 aliphatic carbocycles. The summed E-state index contributed by atoms with van der Waals surface area (Å²) in [5.74, 6) is 0.360. The number of hydrogen-bond acceptors (Lipinski definition) is 2. The maximum atomic E-state index is 12.8. The van der Waals surface area contributed by atoms with E-state index in [1.165, 1.54) is 6.07 Å². The molecule has 0 unspecified atom stereocenters. The highest BCUT2D eigenvalue weighted by atomic mass is 35.5. The second-order valence-corrected chi connectivity index (χ2v) is 5.87. The van der Waals surface area contributed by atoms with Gasteiger partial charge >= 0.3 is 6.18 Å². The van der Waals surface area contributed by atoms with Crippen molar-refractivity contribution in [3.63, 3.8) is 0 Å². The van der Waals surface area contributed by atoms with Crippen LogP contribution >= 0.6 is 11.6 Å². The number of nitrogens with one attached hydrogen (secondary N) is 1. The topological polar surface area (TPSA) is 38.3 Å². The van der Waals surface area contributed by atoms with Gasteiger partial charge in [0.1, 0.15) is 5.75 Å². The first kappa shape index (κ1) is 19.1. The Bertz CT molecular complexity index is 747. The molecule has 0 aromatic heterocycles. The fraction of sp³-hybridized carbons (Fsp3) is 0.278. The number of ether oxygens (including phenoxy) is 1. The van der Waals surface area contributed by atoms with Gasteiger partial charge in [-0.1, -0.05) is 29.8 Å². The molecule has 0 atom stereocenters. The predicted molar refractivity (Wildman–Crippen MR) is 91.0 cm³/mol. The number of anilines is 1. The molecule has 134 valence electrons. The summed E-state index contributed by atoms with van der Waals surface area (Å²) in [4.78, 5) is 11.9. The molecule has 25 heavy (non-hydrogen) atoms. The van der Waals surface area contributed by atoms with Crippen molar-refractivity contribution in [2.75, 3.05) is 11.9 Å². The zero-order valence-electron chi connectivity index (χ0n) is 13.5. The number of benzene rings is 2. The molecule has 0 fully saturated rings. The normalized spacial score (nSPS) is 11.2. The van der Waals surface area contributed by atoms with Crippen LogP contribution in [-0.2, 0) is 11.0 Å². The van der Waals surface area contributed by atoms with Gasteiger partial charge in [0.15, 0.2) is 0 Å². The van der Waals surface area contributed by atoms with Crippen LogP contribution in [0.25, 0.3) is 0 Å². The van der Waals surface area contributed by atoms with E-state index in [1.54, 1.807) is 0 Å². The number of aryl methyl sites for hydroxylation is 1. The third-order valence-electron chi connectivity index (χ3n) is 3.45. The zero-order chi connectivity index (χ0) is 18.4. The van der Waals surface area contributed by atoms with Crippen molar-refractivity contribution in [2.24, 2.45) is 0 Å². The molecule has 0 aliphatic heterocycles. The number of hydrogen-bond donors (Lipinski definition) is 1. The fourth-order valence-corrected chi connectivity index (χ4v) is 2.40. The zero-order valence-corrected chi connectivity index (χ0v) is 14.2. The predicted octanol–water partition coefficient (Wildman–Crippen LogP) is 5.46. The number of alkyl halides is 3. The highest BCUT2D eigenvalue weighted by Crippen LogP contribution is 2.36. The summed E-state index contributed by atoms with van der Waals surface area (Å²) in [7, 11) is 0. The summed E-state index contributed by atoms with van der Waals surface area (Å²) in [6.45, 7) is 2.26. The van der Waals surface area contributed by atoms with E-state index in [9.17, 15) is 18.0 Å². The lowest BCUT2D eigenvalue weighted by Gasteiger charge is -2.12. The smallest absolute Gasteiger partial charge is 0.417 e. The molecule has 7 heteroatoms. The number of rotatable bonds is 6. The first-order valence-corrected chi connectivity index (χ1v) is 8.00. The van der Waals surface area contributed by atoms with E-state index in [2.05, 4.69) is 5.32 Å². The summed E-state index contributed by atoms with van der Waals surface area (Å²) in [6.07, 6.45) is -3.99. The monoisotopic (exact) mass is 371 g/mol. The van der Waals surface area contributed by atoms with Gasteiger partial charge in [-0.05, 0) is 43.2 Å². The van der Waals surface area contributed by atoms with Crippen LogP contribution in [0.2, 0.25) is 5.02 Å². The van der Waals surface area contributed by atoms with Crippen molar-refractivity contribution < 1.29 is 22.7 Å². The van der Waals surface area contributed by atoms with Crippen LogP contribution in [0, 0.1) is 6.92 Å². The van der Waals surface area contributed by atoms with Crippen LogP contribution in [0.3, 0.4) is 0 Å². The largest absolute Gasteiger partial charge is 0.493 e. The number of para-hydroxylation sites is 1. The van der Waals surface area contributed by atoms with E-state index in [4.69, 9.17) is 16.3 Å². The van der Waals surface area contributed by atoms with Crippen molar-refractivity contribution in [2.45, 2.75) is 25.9 Å². The van der Waals surface area contributed by atoms with Gasteiger partial charge in [0.25, 0.3) is 0 Å². The molecule has 0 aliphatic rings. The molecule has 0 radical (unpaired) electrons. The van der Waals surface area contributed by atoms with Gasteiger partial charge in [-0.3, -0.25) is 4.79 Å². The minimum atomic E-state index is -4.57. The second kappa shape index (κ2) is 8.25. The van der Waals surface area contributed by atoms with Gasteiger partial charge in [0, 0.05) is 12.1 Å². The van der Waals surface area contributed by atoms with Crippen LogP contribution in [0.4, 0.5) is 18.9 Å². The minimum absolute atomic E-state index is 0.0570. The third-order valence-corrected chi connectivity index (χ3v) is 3.78. The van der Waals surface area contributed by atoms with E-state index < -0.39 is 16.8 Å². The number of halogens is 4. The maximum Gasteiger partial charge on any atom is 0.417 e. The SMILES string of the molecule is Cc1ccccc1OCCCC(=O)Nc1ccc(Cl)c(C(F)(F)F)c1. The van der Waals surface area contributed by atoms with Gasteiger partial charge in [-0.2, -0.15) is 13.2 Å². The van der Waals surface area contributed by atoms with Crippen molar-refractivity contribution in [1.29, 1.82) is 0 Å². The first-order valence-electron chi connectivity index (χ1n) is 7.62. The Kier molecular flexibility index (Phi) is 6.31. The van der Waals surface area contributed by atoms with Crippen LogP contribution in [-0.4, -0.2) is 12.5 Å². The van der Waals surface area contributed by atoms with Crippen LogP contribution in [0.15, 0.2) is 42.5 Å². The summed E-state index contributed by atoms with van der Waals surface area (Å²) in [5.41, 5.74) is 0.0733. The van der Waals surface area contributed by atoms with Gasteiger partial charge in [0.05, 0.1) is 17.2 Å². The van der Waals surface area contributed by atoms with Crippen molar-refractivity contribution in [3.05, 3.63) is 58.6 Å². The van der Waals surface area contributed by atoms with Crippen molar-refractivity contribution >= 4 is 23.2 Å². The van der Waals surface area contributed by atoms with Crippen LogP contribution < -0.4 is 10.1 Å². The van der Waals surface area contributed by atoms with E-state index in [0.29, 0.717) is 13.0 Å². The Labute approximate surface area is 148 Å². The molecule has 1 amide bonds. The lowest BCUT2D eigenvalue weighted by Crippen LogP contribution is -2.14. The summed E-state index contributed by atoms with van der Waals surface area (Å²) in [6, 6.07) is 10.8. The number of amides is 1. The minimum Gasteiger partial charge on any atom is -0.493 e. The Morgan fingerprint density at radius 2 is 1.92 bits per heavy atom. The van der Waals surface area contributed by atoms with Crippen molar-refractivity contribution in [1.82, 2.24) is 0 Å². The molecule has 0 spiro atoms.